The third-order valence-electron chi connectivity index (χ3n) is 2.71. The zero-order valence-corrected chi connectivity index (χ0v) is 13.7. The van der Waals surface area contributed by atoms with Gasteiger partial charge in [0.2, 0.25) is 11.7 Å². The average Bonchev–Trinajstić information content (AvgIpc) is 3.14. The topological polar surface area (TPSA) is 91.8 Å². The Morgan fingerprint density at radius 2 is 2.32 bits per heavy atom. The molecule has 1 unspecified atom stereocenters. The lowest BCUT2D eigenvalue weighted by Crippen LogP contribution is -2.07. The fraction of sp³-hybridized carbons (Fsp3) is 0.250. The molecule has 0 spiro atoms. The van der Waals surface area contributed by atoms with E-state index in [1.54, 1.807) is 19.1 Å². The Kier molecular flexibility index (Phi) is 4.34. The summed E-state index contributed by atoms with van der Waals surface area (Å²) in [6.07, 6.45) is 0.915. The molecule has 0 amide bonds. The highest BCUT2D eigenvalue weighted by atomic mass is 79.9. The van der Waals surface area contributed by atoms with Gasteiger partial charge in [0.15, 0.2) is 12.4 Å². The third-order valence-corrected chi connectivity index (χ3v) is 3.50. The molecule has 1 atom stereocenters. The van der Waals surface area contributed by atoms with E-state index in [9.17, 15) is 0 Å². The van der Waals surface area contributed by atoms with Crippen molar-refractivity contribution >= 4 is 27.5 Å². The maximum atomic E-state index is 6.12. The van der Waals surface area contributed by atoms with E-state index in [0.29, 0.717) is 22.5 Å². The molecule has 0 fully saturated rings. The molecule has 0 aliphatic heterocycles. The van der Waals surface area contributed by atoms with Crippen LogP contribution >= 0.6 is 27.5 Å². The Hall–Kier alpha value is -2.00. The second-order valence-corrected chi connectivity index (χ2v) is 5.67. The Morgan fingerprint density at radius 1 is 1.45 bits per heavy atom. The molecule has 0 saturated carbocycles. The lowest BCUT2D eigenvalue weighted by atomic mass is 10.3. The quantitative estimate of drug-likeness (QED) is 0.666. The summed E-state index contributed by atoms with van der Waals surface area (Å²) in [4.78, 5) is 5.59. The summed E-state index contributed by atoms with van der Waals surface area (Å²) in [6, 6.07) is 5.36. The fourth-order valence-electron chi connectivity index (χ4n) is 1.69. The Balaban J connectivity index is 1.69. The number of benzene rings is 1. The van der Waals surface area contributed by atoms with E-state index in [0.717, 1.165) is 4.47 Å². The molecule has 10 heteroatoms. The first-order chi connectivity index (χ1) is 10.6. The zero-order chi connectivity index (χ0) is 15.5. The summed E-state index contributed by atoms with van der Waals surface area (Å²) in [6.45, 7) is 2.06. The highest BCUT2D eigenvalue weighted by molar-refractivity contribution is 9.10. The predicted molar refractivity (Wildman–Crippen MR) is 79.4 cm³/mol. The van der Waals surface area contributed by atoms with Crippen LogP contribution in [-0.2, 0) is 6.54 Å². The zero-order valence-electron chi connectivity index (χ0n) is 11.3. The van der Waals surface area contributed by atoms with Crippen LogP contribution in [0.4, 0.5) is 0 Å². The third kappa shape index (κ3) is 3.42. The molecule has 22 heavy (non-hydrogen) atoms. The molecule has 3 aromatic rings. The van der Waals surface area contributed by atoms with Crippen molar-refractivity contribution in [3.8, 4) is 5.75 Å². The molecule has 0 N–H and O–H groups in total. The Labute approximate surface area is 138 Å². The number of hydrogen-bond acceptors (Lipinski definition) is 7. The van der Waals surface area contributed by atoms with Gasteiger partial charge in [0.1, 0.15) is 12.3 Å². The van der Waals surface area contributed by atoms with Gasteiger partial charge in [-0.25, -0.2) is 0 Å². The van der Waals surface area contributed by atoms with E-state index in [2.05, 4.69) is 41.5 Å². The number of hydrogen-bond donors (Lipinski definition) is 0. The minimum Gasteiger partial charge on any atom is -0.481 e. The van der Waals surface area contributed by atoms with E-state index in [1.807, 2.05) is 6.07 Å². The molecule has 0 aliphatic rings. The van der Waals surface area contributed by atoms with Crippen molar-refractivity contribution in [2.45, 2.75) is 19.6 Å². The summed E-state index contributed by atoms with van der Waals surface area (Å²) in [5.74, 6) is 1.32. The number of rotatable bonds is 5. The molecule has 0 saturated heterocycles. The molecule has 0 radical (unpaired) electrons. The fourth-order valence-corrected chi connectivity index (χ4v) is 2.41. The van der Waals surface area contributed by atoms with E-state index < -0.39 is 6.10 Å². The summed E-state index contributed by atoms with van der Waals surface area (Å²) < 4.78 is 11.8. The SMILES string of the molecule is CC(Oc1ccc(Br)cc1Cl)c1noc(Cn2ncnn2)n1. The van der Waals surface area contributed by atoms with Crippen LogP contribution in [0.15, 0.2) is 33.5 Å². The molecule has 0 bridgehead atoms. The van der Waals surface area contributed by atoms with Crippen molar-refractivity contribution in [3.63, 3.8) is 0 Å². The number of ether oxygens (including phenoxy) is 1. The molecule has 1 aromatic carbocycles. The van der Waals surface area contributed by atoms with Crippen molar-refractivity contribution in [1.29, 1.82) is 0 Å². The van der Waals surface area contributed by atoms with Gasteiger partial charge in [0.05, 0.1) is 5.02 Å². The van der Waals surface area contributed by atoms with Crippen molar-refractivity contribution in [2.24, 2.45) is 0 Å². The lowest BCUT2D eigenvalue weighted by Gasteiger charge is -2.12. The normalized spacial score (nSPS) is 12.3. The van der Waals surface area contributed by atoms with Crippen LogP contribution in [0, 0.1) is 0 Å². The van der Waals surface area contributed by atoms with Gasteiger partial charge >= 0.3 is 0 Å². The minimum absolute atomic E-state index is 0.249. The number of aromatic nitrogens is 6. The molecule has 8 nitrogen and oxygen atoms in total. The van der Waals surface area contributed by atoms with Gasteiger partial charge in [-0.1, -0.05) is 32.7 Å². The largest absolute Gasteiger partial charge is 0.481 e. The second-order valence-electron chi connectivity index (χ2n) is 4.35. The molecule has 2 aromatic heterocycles. The standard InChI is InChI=1S/C12H10BrClN6O2/c1-7(21-10-3-2-8(13)4-9(10)14)12-17-11(22-18-12)5-20-16-6-15-19-20/h2-4,6-7H,5H2,1H3. The summed E-state index contributed by atoms with van der Waals surface area (Å²) in [7, 11) is 0. The van der Waals surface area contributed by atoms with Gasteiger partial charge in [0, 0.05) is 4.47 Å². The van der Waals surface area contributed by atoms with Gasteiger partial charge in [0.25, 0.3) is 0 Å². The van der Waals surface area contributed by atoms with Crippen LogP contribution in [0.5, 0.6) is 5.75 Å². The minimum atomic E-state index is -0.417. The van der Waals surface area contributed by atoms with Crippen molar-refractivity contribution in [3.05, 3.63) is 45.7 Å². The number of nitrogens with zero attached hydrogens (tertiary/aromatic N) is 6. The van der Waals surface area contributed by atoms with E-state index in [4.69, 9.17) is 20.9 Å². The van der Waals surface area contributed by atoms with Gasteiger partial charge in [-0.3, -0.25) is 0 Å². The molecule has 3 rings (SSSR count). The molecule has 114 valence electrons. The van der Waals surface area contributed by atoms with Crippen LogP contribution in [0.3, 0.4) is 0 Å². The van der Waals surface area contributed by atoms with Crippen LogP contribution in [0.25, 0.3) is 0 Å². The maximum absolute atomic E-state index is 6.12. The summed E-state index contributed by atoms with van der Waals surface area (Å²) >= 11 is 9.46. The van der Waals surface area contributed by atoms with Gasteiger partial charge < -0.3 is 9.26 Å². The number of halogens is 2. The lowest BCUT2D eigenvalue weighted by molar-refractivity contribution is 0.210. The van der Waals surface area contributed by atoms with E-state index >= 15 is 0 Å². The highest BCUT2D eigenvalue weighted by Crippen LogP contribution is 2.30. The monoisotopic (exact) mass is 384 g/mol. The summed E-state index contributed by atoms with van der Waals surface area (Å²) in [5.41, 5.74) is 0. The Morgan fingerprint density at radius 3 is 3.05 bits per heavy atom. The van der Waals surface area contributed by atoms with E-state index in [1.165, 1.54) is 11.1 Å². The molecule has 2 heterocycles. The van der Waals surface area contributed by atoms with Gasteiger partial charge in [-0.2, -0.15) is 9.78 Å². The first kappa shape index (κ1) is 14.9. The average molecular weight is 386 g/mol. The Bertz CT molecular complexity index is 763. The molecular weight excluding hydrogens is 376 g/mol. The smallest absolute Gasteiger partial charge is 0.250 e. The maximum Gasteiger partial charge on any atom is 0.250 e. The van der Waals surface area contributed by atoms with Crippen LogP contribution in [-0.4, -0.2) is 30.3 Å². The molecule has 0 aliphatic carbocycles. The van der Waals surface area contributed by atoms with Crippen molar-refractivity contribution in [1.82, 2.24) is 30.3 Å². The van der Waals surface area contributed by atoms with Gasteiger partial charge in [-0.05, 0) is 30.3 Å². The molecular formula is C12H10BrClN6O2. The van der Waals surface area contributed by atoms with Crippen molar-refractivity contribution < 1.29 is 9.26 Å². The van der Waals surface area contributed by atoms with Crippen molar-refractivity contribution in [2.75, 3.05) is 0 Å². The summed E-state index contributed by atoms with van der Waals surface area (Å²) in [5, 5.41) is 15.6. The first-order valence-corrected chi connectivity index (χ1v) is 7.44. The van der Waals surface area contributed by atoms with Crippen LogP contribution in [0.2, 0.25) is 5.02 Å². The van der Waals surface area contributed by atoms with E-state index in [-0.39, 0.29) is 6.54 Å². The highest BCUT2D eigenvalue weighted by Gasteiger charge is 2.17. The van der Waals surface area contributed by atoms with Crippen LogP contribution < -0.4 is 4.74 Å². The van der Waals surface area contributed by atoms with Crippen LogP contribution in [0.1, 0.15) is 24.7 Å². The predicted octanol–water partition coefficient (Wildman–Crippen LogP) is 2.66. The second kappa shape index (κ2) is 6.41. The number of tetrazole rings is 1. The first-order valence-electron chi connectivity index (χ1n) is 6.27. The van der Waals surface area contributed by atoms with Gasteiger partial charge in [-0.15, -0.1) is 10.2 Å².